The molecule has 4 rings (SSSR count). The zero-order valence-electron chi connectivity index (χ0n) is 18.6. The Kier molecular flexibility index (Phi) is 6.16. The average molecular weight is 463 g/mol. The maximum absolute atomic E-state index is 13.4. The molecule has 0 saturated heterocycles. The summed E-state index contributed by atoms with van der Waals surface area (Å²) in [5, 5.41) is 8.28. The number of nitrogens with zero attached hydrogens (tertiary/aromatic N) is 3. The highest BCUT2D eigenvalue weighted by atomic mass is 35.5. The molecule has 2 aromatic carbocycles. The van der Waals surface area contributed by atoms with Crippen molar-refractivity contribution in [2.75, 3.05) is 5.32 Å². The van der Waals surface area contributed by atoms with E-state index in [9.17, 15) is 14.4 Å². The summed E-state index contributed by atoms with van der Waals surface area (Å²) < 4.78 is 3.27. The molecule has 7 nitrogen and oxygen atoms in total. The molecule has 1 N–H and O–H groups in total. The lowest BCUT2D eigenvalue weighted by molar-refractivity contribution is -0.115. The highest BCUT2D eigenvalue weighted by molar-refractivity contribution is 6.30. The first kappa shape index (κ1) is 22.5. The van der Waals surface area contributed by atoms with Crippen LogP contribution in [0.25, 0.3) is 10.9 Å². The van der Waals surface area contributed by atoms with Crippen LogP contribution in [0.4, 0.5) is 5.82 Å². The second-order valence-corrected chi connectivity index (χ2v) is 8.19. The van der Waals surface area contributed by atoms with E-state index in [0.29, 0.717) is 50.7 Å². The number of Topliss-reactive ketones (excluding diaryl/α,β-unsaturated/α-hetero) is 1. The maximum Gasteiger partial charge on any atom is 0.262 e. The van der Waals surface area contributed by atoms with E-state index in [0.717, 1.165) is 0 Å². The molecule has 0 fully saturated rings. The van der Waals surface area contributed by atoms with Gasteiger partial charge in [-0.3, -0.25) is 19.0 Å². The van der Waals surface area contributed by atoms with Crippen molar-refractivity contribution in [2.24, 2.45) is 0 Å². The third kappa shape index (κ3) is 4.32. The summed E-state index contributed by atoms with van der Waals surface area (Å²) in [6, 6.07) is 13.6. The van der Waals surface area contributed by atoms with E-state index < -0.39 is 0 Å². The number of hydrogen-bond donors (Lipinski definition) is 1. The summed E-state index contributed by atoms with van der Waals surface area (Å²) in [5.41, 5.74) is 2.96. The Bertz CT molecular complexity index is 1380. The van der Waals surface area contributed by atoms with E-state index in [2.05, 4.69) is 10.4 Å². The molecule has 8 heteroatoms. The van der Waals surface area contributed by atoms with Crippen LogP contribution in [-0.4, -0.2) is 31.9 Å². The number of fused-ring (bicyclic) bond motifs is 1. The SMILES string of the molecule is CCn1nccc1NC(=O)Cc1c(C)n(C(=O)c2ccc(Cl)cc2)c2ccc(C(C)=O)cc12. The number of rotatable bonds is 6. The van der Waals surface area contributed by atoms with E-state index in [1.165, 1.54) is 6.92 Å². The van der Waals surface area contributed by atoms with Gasteiger partial charge in [-0.15, -0.1) is 0 Å². The third-order valence-electron chi connectivity index (χ3n) is 5.66. The van der Waals surface area contributed by atoms with Gasteiger partial charge in [0, 0.05) is 39.8 Å². The standard InChI is InChI=1S/C25H23ClN4O3/c1-4-29-23(11-12-27-29)28-24(32)14-20-15(2)30(25(33)17-5-8-19(26)9-6-17)22-10-7-18(16(3)31)13-21(20)22/h5-13H,4,14H2,1-3H3,(H,28,32). The zero-order valence-corrected chi connectivity index (χ0v) is 19.3. The lowest BCUT2D eigenvalue weighted by Crippen LogP contribution is -2.18. The highest BCUT2D eigenvalue weighted by Crippen LogP contribution is 2.29. The Morgan fingerprint density at radius 1 is 1.03 bits per heavy atom. The Hall–Kier alpha value is -3.71. The largest absolute Gasteiger partial charge is 0.311 e. The molecule has 0 spiro atoms. The fourth-order valence-electron chi connectivity index (χ4n) is 3.95. The average Bonchev–Trinajstić information content (AvgIpc) is 3.35. The molecule has 168 valence electrons. The summed E-state index contributed by atoms with van der Waals surface area (Å²) in [6.45, 7) is 5.85. The molecule has 0 unspecified atom stereocenters. The van der Waals surface area contributed by atoms with E-state index in [-0.39, 0.29) is 24.0 Å². The van der Waals surface area contributed by atoms with Gasteiger partial charge in [0.05, 0.1) is 18.1 Å². The molecule has 0 atom stereocenters. The van der Waals surface area contributed by atoms with Crippen LogP contribution in [0.5, 0.6) is 0 Å². The third-order valence-corrected chi connectivity index (χ3v) is 5.91. The van der Waals surface area contributed by atoms with Crippen LogP contribution in [0, 0.1) is 6.92 Å². The van der Waals surface area contributed by atoms with Crippen molar-refractivity contribution in [1.82, 2.24) is 14.3 Å². The van der Waals surface area contributed by atoms with Crippen LogP contribution in [0.1, 0.15) is 45.8 Å². The van der Waals surface area contributed by atoms with Gasteiger partial charge in [-0.25, -0.2) is 4.68 Å². The van der Waals surface area contributed by atoms with Crippen LogP contribution in [0.15, 0.2) is 54.7 Å². The van der Waals surface area contributed by atoms with Gasteiger partial charge in [-0.05, 0) is 68.8 Å². The molecule has 0 aliphatic heterocycles. The Labute approximate surface area is 196 Å². The van der Waals surface area contributed by atoms with Gasteiger partial charge in [0.2, 0.25) is 5.91 Å². The number of hydrogen-bond acceptors (Lipinski definition) is 4. The number of aromatic nitrogens is 3. The first-order chi connectivity index (χ1) is 15.8. The second kappa shape index (κ2) is 9.03. The lowest BCUT2D eigenvalue weighted by atomic mass is 10.0. The van der Waals surface area contributed by atoms with Crippen LogP contribution in [0.2, 0.25) is 5.02 Å². The van der Waals surface area contributed by atoms with Crippen molar-refractivity contribution < 1.29 is 14.4 Å². The van der Waals surface area contributed by atoms with Crippen LogP contribution in [0.3, 0.4) is 0 Å². The predicted molar refractivity (Wildman–Crippen MR) is 128 cm³/mol. The van der Waals surface area contributed by atoms with Gasteiger partial charge in [0.25, 0.3) is 5.91 Å². The summed E-state index contributed by atoms with van der Waals surface area (Å²) in [7, 11) is 0. The molecule has 0 saturated carbocycles. The number of anilines is 1. The van der Waals surface area contributed by atoms with E-state index in [1.807, 2.05) is 6.92 Å². The van der Waals surface area contributed by atoms with Crippen molar-refractivity contribution in [3.05, 3.63) is 82.1 Å². The molecule has 0 aliphatic carbocycles. The Morgan fingerprint density at radius 2 is 1.73 bits per heavy atom. The zero-order chi connectivity index (χ0) is 23.7. The molecule has 33 heavy (non-hydrogen) atoms. The molecule has 2 aromatic heterocycles. The van der Waals surface area contributed by atoms with Gasteiger partial charge >= 0.3 is 0 Å². The Balaban J connectivity index is 1.79. The molecule has 0 bridgehead atoms. The Morgan fingerprint density at radius 3 is 2.39 bits per heavy atom. The fraction of sp³-hybridized carbons (Fsp3) is 0.200. The number of nitrogens with one attached hydrogen (secondary N) is 1. The van der Waals surface area contributed by atoms with Crippen molar-refractivity contribution in [2.45, 2.75) is 33.7 Å². The minimum absolute atomic E-state index is 0.0412. The van der Waals surface area contributed by atoms with Gasteiger partial charge in [-0.2, -0.15) is 5.10 Å². The van der Waals surface area contributed by atoms with Crippen molar-refractivity contribution in [1.29, 1.82) is 0 Å². The minimum atomic E-state index is -0.237. The summed E-state index contributed by atoms with van der Waals surface area (Å²) >= 11 is 5.98. The number of aryl methyl sites for hydroxylation is 1. The first-order valence-electron chi connectivity index (χ1n) is 10.6. The van der Waals surface area contributed by atoms with Gasteiger partial charge in [0.1, 0.15) is 5.82 Å². The summed E-state index contributed by atoms with van der Waals surface area (Å²) in [4.78, 5) is 38.3. The predicted octanol–water partition coefficient (Wildman–Crippen LogP) is 4.89. The number of ketones is 1. The number of benzene rings is 2. The number of amides is 1. The highest BCUT2D eigenvalue weighted by Gasteiger charge is 2.22. The molecule has 1 amide bonds. The molecule has 2 heterocycles. The number of carbonyl (C=O) groups is 3. The quantitative estimate of drug-likeness (QED) is 0.413. The molecule has 0 radical (unpaired) electrons. The monoisotopic (exact) mass is 462 g/mol. The smallest absolute Gasteiger partial charge is 0.262 e. The van der Waals surface area contributed by atoms with Crippen LogP contribution in [-0.2, 0) is 17.8 Å². The number of halogens is 1. The number of carbonyl (C=O) groups excluding carboxylic acids is 3. The molecule has 0 aliphatic rings. The van der Waals surface area contributed by atoms with Gasteiger partial charge in [0.15, 0.2) is 5.78 Å². The van der Waals surface area contributed by atoms with E-state index in [1.54, 1.807) is 70.9 Å². The van der Waals surface area contributed by atoms with Crippen molar-refractivity contribution in [3.63, 3.8) is 0 Å². The lowest BCUT2D eigenvalue weighted by Gasteiger charge is -2.09. The van der Waals surface area contributed by atoms with Crippen molar-refractivity contribution >= 4 is 45.9 Å². The minimum Gasteiger partial charge on any atom is -0.311 e. The summed E-state index contributed by atoms with van der Waals surface area (Å²) in [6.07, 6.45) is 1.67. The van der Waals surface area contributed by atoms with Gasteiger partial charge < -0.3 is 5.32 Å². The second-order valence-electron chi connectivity index (χ2n) is 7.76. The van der Waals surface area contributed by atoms with Gasteiger partial charge in [-0.1, -0.05) is 11.6 Å². The first-order valence-corrected chi connectivity index (χ1v) is 10.9. The fourth-order valence-corrected chi connectivity index (χ4v) is 4.07. The molecular formula is C25H23ClN4O3. The summed E-state index contributed by atoms with van der Waals surface area (Å²) in [5.74, 6) is 0.0408. The molecule has 4 aromatic rings. The van der Waals surface area contributed by atoms with E-state index >= 15 is 0 Å². The van der Waals surface area contributed by atoms with Crippen LogP contribution < -0.4 is 5.32 Å². The topological polar surface area (TPSA) is 86.0 Å². The van der Waals surface area contributed by atoms with Crippen LogP contribution >= 0.6 is 11.6 Å². The maximum atomic E-state index is 13.4. The molecular weight excluding hydrogens is 440 g/mol. The normalized spacial score (nSPS) is 11.0. The van der Waals surface area contributed by atoms with Crippen molar-refractivity contribution in [3.8, 4) is 0 Å². The van der Waals surface area contributed by atoms with E-state index in [4.69, 9.17) is 11.6 Å².